The first-order valence-corrected chi connectivity index (χ1v) is 10.4. The second-order valence-corrected chi connectivity index (χ2v) is 8.10. The Hall–Kier alpha value is -4.06. The van der Waals surface area contributed by atoms with Crippen molar-refractivity contribution in [2.45, 2.75) is 19.5 Å². The molecule has 0 aliphatic carbocycles. The number of hydrogen-bond donors (Lipinski definition) is 0. The summed E-state index contributed by atoms with van der Waals surface area (Å²) in [6.45, 7) is 2.49. The zero-order valence-electron chi connectivity index (χ0n) is 17.3. The molecule has 2 aliphatic rings. The van der Waals surface area contributed by atoms with Crippen LogP contribution in [0.25, 0.3) is 11.0 Å². The maximum Gasteiger partial charge on any atom is 0.291 e. The van der Waals surface area contributed by atoms with Crippen molar-refractivity contribution in [2.75, 3.05) is 6.79 Å². The lowest BCUT2D eigenvalue weighted by Crippen LogP contribution is -2.29. The highest BCUT2D eigenvalue weighted by Gasteiger charge is 2.42. The van der Waals surface area contributed by atoms with Gasteiger partial charge in [0.15, 0.2) is 16.9 Å². The predicted octanol–water partition coefficient (Wildman–Crippen LogP) is 4.58. The third-order valence-electron chi connectivity index (χ3n) is 6.06. The molecule has 0 radical (unpaired) electrons. The monoisotopic (exact) mass is 425 g/mol. The lowest BCUT2D eigenvalue weighted by atomic mass is 9.97. The van der Waals surface area contributed by atoms with E-state index in [0.717, 1.165) is 16.7 Å². The number of ether oxygens (including phenoxy) is 2. The maximum absolute atomic E-state index is 13.5. The average molecular weight is 425 g/mol. The van der Waals surface area contributed by atoms with Gasteiger partial charge in [0.2, 0.25) is 12.6 Å². The van der Waals surface area contributed by atoms with Crippen molar-refractivity contribution in [1.29, 1.82) is 0 Å². The Kier molecular flexibility index (Phi) is 4.08. The number of rotatable bonds is 3. The van der Waals surface area contributed by atoms with Crippen LogP contribution in [0.15, 0.2) is 75.9 Å². The fourth-order valence-corrected chi connectivity index (χ4v) is 4.46. The van der Waals surface area contributed by atoms with Crippen LogP contribution in [0.3, 0.4) is 0 Å². The van der Waals surface area contributed by atoms with Gasteiger partial charge in [-0.15, -0.1) is 0 Å². The van der Waals surface area contributed by atoms with Gasteiger partial charge in [-0.1, -0.05) is 48.0 Å². The second kappa shape index (κ2) is 6.99. The number of fused-ring (bicyclic) bond motifs is 3. The molecule has 6 nitrogen and oxygen atoms in total. The van der Waals surface area contributed by atoms with Crippen molar-refractivity contribution in [2.24, 2.45) is 0 Å². The first-order chi connectivity index (χ1) is 15.6. The molecule has 0 fully saturated rings. The van der Waals surface area contributed by atoms with Gasteiger partial charge in [0.25, 0.3) is 5.91 Å². The molecular formula is C26H19NO5. The molecule has 0 N–H and O–H groups in total. The Morgan fingerprint density at radius 2 is 1.72 bits per heavy atom. The SMILES string of the molecule is Cc1ccc(C2c3c(oc4ccccc4c3=O)C(=O)N2Cc2ccc3c(c2)OCO3)cc1. The number of carbonyl (C=O) groups excluding carboxylic acids is 1. The van der Waals surface area contributed by atoms with Crippen LogP contribution in [-0.2, 0) is 6.54 Å². The number of hydrogen-bond acceptors (Lipinski definition) is 5. The fourth-order valence-electron chi connectivity index (χ4n) is 4.46. The lowest BCUT2D eigenvalue weighted by molar-refractivity contribution is 0.0714. The van der Waals surface area contributed by atoms with E-state index in [0.29, 0.717) is 34.6 Å². The molecule has 158 valence electrons. The first kappa shape index (κ1) is 18.7. The van der Waals surface area contributed by atoms with E-state index in [2.05, 4.69) is 0 Å². The molecule has 2 aliphatic heterocycles. The Morgan fingerprint density at radius 1 is 0.938 bits per heavy atom. The summed E-state index contributed by atoms with van der Waals surface area (Å²) in [7, 11) is 0. The van der Waals surface area contributed by atoms with Crippen molar-refractivity contribution >= 4 is 16.9 Å². The van der Waals surface area contributed by atoms with Crippen LogP contribution in [0.4, 0.5) is 0 Å². The van der Waals surface area contributed by atoms with E-state index >= 15 is 0 Å². The van der Waals surface area contributed by atoms with Crippen molar-refractivity contribution < 1.29 is 18.7 Å². The molecule has 1 amide bonds. The molecule has 1 unspecified atom stereocenters. The van der Waals surface area contributed by atoms with E-state index in [1.165, 1.54) is 0 Å². The summed E-state index contributed by atoms with van der Waals surface area (Å²) in [4.78, 5) is 28.7. The van der Waals surface area contributed by atoms with Gasteiger partial charge in [0, 0.05) is 6.54 Å². The standard InChI is InChI=1S/C26H19NO5/c1-15-6-9-17(10-7-15)23-22-24(28)18-4-2-3-5-19(18)32-25(22)26(29)27(23)13-16-8-11-20-21(12-16)31-14-30-20/h2-12,23H,13-14H2,1H3. The van der Waals surface area contributed by atoms with Crippen LogP contribution in [0.5, 0.6) is 11.5 Å². The highest BCUT2D eigenvalue weighted by Crippen LogP contribution is 2.40. The summed E-state index contributed by atoms with van der Waals surface area (Å²) in [5.41, 5.74) is 3.48. The third kappa shape index (κ3) is 2.80. The molecule has 6 rings (SSSR count). The molecule has 4 aromatic rings. The van der Waals surface area contributed by atoms with Crippen LogP contribution in [-0.4, -0.2) is 17.6 Å². The highest BCUT2D eigenvalue weighted by molar-refractivity contribution is 5.99. The van der Waals surface area contributed by atoms with Gasteiger partial charge in [-0.3, -0.25) is 9.59 Å². The molecule has 1 atom stereocenters. The molecule has 3 heterocycles. The van der Waals surface area contributed by atoms with Gasteiger partial charge in [-0.05, 0) is 42.3 Å². The van der Waals surface area contributed by atoms with Crippen LogP contribution >= 0.6 is 0 Å². The largest absolute Gasteiger partial charge is 0.454 e. The number of para-hydroxylation sites is 1. The summed E-state index contributed by atoms with van der Waals surface area (Å²) in [6.07, 6.45) is 0. The minimum Gasteiger partial charge on any atom is -0.454 e. The minimum absolute atomic E-state index is 0.111. The number of amides is 1. The maximum atomic E-state index is 13.5. The van der Waals surface area contributed by atoms with E-state index in [1.54, 1.807) is 29.2 Å². The zero-order chi connectivity index (χ0) is 21.8. The molecule has 0 bridgehead atoms. The second-order valence-electron chi connectivity index (χ2n) is 8.10. The highest BCUT2D eigenvalue weighted by atomic mass is 16.7. The number of carbonyl (C=O) groups is 1. The van der Waals surface area contributed by atoms with Gasteiger partial charge in [0.1, 0.15) is 5.58 Å². The molecule has 0 saturated heterocycles. The molecule has 0 spiro atoms. The predicted molar refractivity (Wildman–Crippen MR) is 118 cm³/mol. The van der Waals surface area contributed by atoms with Gasteiger partial charge >= 0.3 is 0 Å². The van der Waals surface area contributed by atoms with Crippen LogP contribution in [0.2, 0.25) is 0 Å². The number of benzene rings is 3. The summed E-state index contributed by atoms with van der Waals surface area (Å²) in [5, 5.41) is 0.473. The molecule has 3 aromatic carbocycles. The van der Waals surface area contributed by atoms with Crippen molar-refractivity contribution in [1.82, 2.24) is 4.90 Å². The Morgan fingerprint density at radius 3 is 2.56 bits per heavy atom. The van der Waals surface area contributed by atoms with E-state index < -0.39 is 6.04 Å². The Bertz CT molecular complexity index is 1440. The van der Waals surface area contributed by atoms with Crippen LogP contribution in [0, 0.1) is 6.92 Å². The van der Waals surface area contributed by atoms with Crippen molar-refractivity contribution in [3.63, 3.8) is 0 Å². The minimum atomic E-state index is -0.538. The quantitative estimate of drug-likeness (QED) is 0.481. The Labute approximate surface area is 183 Å². The smallest absolute Gasteiger partial charge is 0.291 e. The van der Waals surface area contributed by atoms with Crippen molar-refractivity contribution in [3.05, 3.63) is 105 Å². The van der Waals surface area contributed by atoms with Gasteiger partial charge < -0.3 is 18.8 Å². The topological polar surface area (TPSA) is 69.0 Å². The summed E-state index contributed by atoms with van der Waals surface area (Å²) in [5.74, 6) is 1.15. The summed E-state index contributed by atoms with van der Waals surface area (Å²) >= 11 is 0. The molecule has 6 heteroatoms. The molecule has 32 heavy (non-hydrogen) atoms. The summed E-state index contributed by atoms with van der Waals surface area (Å²) in [6, 6.07) is 20.0. The summed E-state index contributed by atoms with van der Waals surface area (Å²) < 4.78 is 16.9. The van der Waals surface area contributed by atoms with E-state index in [-0.39, 0.29) is 23.9 Å². The van der Waals surface area contributed by atoms with Gasteiger partial charge in [-0.25, -0.2) is 0 Å². The van der Waals surface area contributed by atoms with Crippen molar-refractivity contribution in [3.8, 4) is 11.5 Å². The molecular weight excluding hydrogens is 406 g/mol. The van der Waals surface area contributed by atoms with E-state index in [4.69, 9.17) is 13.9 Å². The average Bonchev–Trinajstić information content (AvgIpc) is 3.38. The van der Waals surface area contributed by atoms with E-state index in [9.17, 15) is 9.59 Å². The number of aryl methyl sites for hydroxylation is 1. The van der Waals surface area contributed by atoms with E-state index in [1.807, 2.05) is 49.4 Å². The number of nitrogens with zero attached hydrogens (tertiary/aromatic N) is 1. The first-order valence-electron chi connectivity index (χ1n) is 10.4. The Balaban J connectivity index is 1.51. The van der Waals surface area contributed by atoms with Crippen LogP contribution < -0.4 is 14.9 Å². The third-order valence-corrected chi connectivity index (χ3v) is 6.06. The van der Waals surface area contributed by atoms with Gasteiger partial charge in [0.05, 0.1) is 17.0 Å². The fraction of sp³-hybridized carbons (Fsp3) is 0.154. The van der Waals surface area contributed by atoms with Crippen LogP contribution in [0.1, 0.15) is 38.9 Å². The molecule has 1 aromatic heterocycles. The normalized spacial score (nSPS) is 16.6. The van der Waals surface area contributed by atoms with Gasteiger partial charge in [-0.2, -0.15) is 0 Å². The lowest BCUT2D eigenvalue weighted by Gasteiger charge is -2.25. The molecule has 0 saturated carbocycles. The zero-order valence-corrected chi connectivity index (χ0v) is 17.3.